The van der Waals surface area contributed by atoms with E-state index in [9.17, 15) is 4.79 Å². The van der Waals surface area contributed by atoms with Gasteiger partial charge in [-0.25, -0.2) is 4.79 Å². The molecule has 1 saturated heterocycles. The molecule has 0 bridgehead atoms. The average molecular weight is 306 g/mol. The quantitative estimate of drug-likeness (QED) is 0.931. The van der Waals surface area contributed by atoms with E-state index in [1.165, 1.54) is 0 Å². The second-order valence-electron chi connectivity index (χ2n) is 6.59. The minimum Gasteiger partial charge on any atom is -0.444 e. The van der Waals surface area contributed by atoms with Crippen LogP contribution in [0.5, 0.6) is 0 Å². The van der Waals surface area contributed by atoms with Crippen LogP contribution in [0.15, 0.2) is 24.3 Å². The van der Waals surface area contributed by atoms with Crippen molar-refractivity contribution < 1.29 is 14.6 Å². The summed E-state index contributed by atoms with van der Waals surface area (Å²) in [5, 5.41) is 8.94. The number of amides is 1. The normalized spacial score (nSPS) is 15.8. The fourth-order valence-electron chi connectivity index (χ4n) is 2.48. The molecule has 1 aromatic rings. The molecule has 1 aromatic carbocycles. The lowest BCUT2D eigenvalue weighted by Gasteiger charge is -2.36. The van der Waals surface area contributed by atoms with Crippen LogP contribution in [0.1, 0.15) is 26.3 Å². The standard InChI is InChI=1S/C17H26N2O3/c1-17(2,3)22-16(21)19-11-9-18(10-12-19)15-6-4-14(5-7-15)8-13-20/h4-7,20H,8-13H2,1-3H3. The van der Waals surface area contributed by atoms with E-state index in [1.807, 2.05) is 32.9 Å². The zero-order chi connectivity index (χ0) is 16.2. The van der Waals surface area contributed by atoms with Crippen LogP contribution in [0.3, 0.4) is 0 Å². The molecule has 1 aliphatic rings. The third-order valence-electron chi connectivity index (χ3n) is 3.63. The fraction of sp³-hybridized carbons (Fsp3) is 0.588. The van der Waals surface area contributed by atoms with Crippen molar-refractivity contribution in [2.24, 2.45) is 0 Å². The molecule has 0 saturated carbocycles. The van der Waals surface area contributed by atoms with E-state index in [1.54, 1.807) is 4.90 Å². The first kappa shape index (κ1) is 16.6. The maximum absolute atomic E-state index is 12.0. The van der Waals surface area contributed by atoms with Gasteiger partial charge in [0.1, 0.15) is 5.60 Å². The molecule has 2 rings (SSSR count). The predicted octanol–water partition coefficient (Wildman–Crippen LogP) is 2.28. The van der Waals surface area contributed by atoms with Gasteiger partial charge in [-0.05, 0) is 44.9 Å². The Morgan fingerprint density at radius 2 is 1.73 bits per heavy atom. The Kier molecular flexibility index (Phi) is 5.29. The van der Waals surface area contributed by atoms with Crippen LogP contribution in [-0.2, 0) is 11.2 Å². The summed E-state index contributed by atoms with van der Waals surface area (Å²) in [6, 6.07) is 8.25. The van der Waals surface area contributed by atoms with Crippen LogP contribution in [0.25, 0.3) is 0 Å². The molecule has 5 heteroatoms. The Hall–Kier alpha value is -1.75. The van der Waals surface area contributed by atoms with E-state index in [4.69, 9.17) is 9.84 Å². The molecule has 0 radical (unpaired) electrons. The van der Waals surface area contributed by atoms with Gasteiger partial charge in [0.15, 0.2) is 0 Å². The number of nitrogens with zero attached hydrogens (tertiary/aromatic N) is 2. The number of carbonyl (C=O) groups is 1. The maximum Gasteiger partial charge on any atom is 0.410 e. The van der Waals surface area contributed by atoms with E-state index in [0.29, 0.717) is 19.5 Å². The molecule has 0 spiro atoms. The number of carbonyl (C=O) groups excluding carboxylic acids is 1. The first-order valence-electron chi connectivity index (χ1n) is 7.82. The topological polar surface area (TPSA) is 53.0 Å². The summed E-state index contributed by atoms with van der Waals surface area (Å²) >= 11 is 0. The lowest BCUT2D eigenvalue weighted by Crippen LogP contribution is -2.50. The van der Waals surface area contributed by atoms with Crippen LogP contribution in [0, 0.1) is 0 Å². The lowest BCUT2D eigenvalue weighted by molar-refractivity contribution is 0.0240. The minimum absolute atomic E-state index is 0.175. The fourth-order valence-corrected chi connectivity index (χ4v) is 2.48. The molecule has 1 heterocycles. The second-order valence-corrected chi connectivity index (χ2v) is 6.59. The highest BCUT2D eigenvalue weighted by Crippen LogP contribution is 2.19. The molecule has 1 aliphatic heterocycles. The zero-order valence-corrected chi connectivity index (χ0v) is 13.7. The molecule has 0 aliphatic carbocycles. The summed E-state index contributed by atoms with van der Waals surface area (Å²) < 4.78 is 5.41. The van der Waals surface area contributed by atoms with E-state index in [2.05, 4.69) is 17.0 Å². The van der Waals surface area contributed by atoms with Crippen molar-refractivity contribution in [3.8, 4) is 0 Å². The predicted molar refractivity (Wildman–Crippen MR) is 87.3 cm³/mol. The number of piperazine rings is 1. The first-order valence-corrected chi connectivity index (χ1v) is 7.82. The van der Waals surface area contributed by atoms with Crippen molar-refractivity contribution >= 4 is 11.8 Å². The van der Waals surface area contributed by atoms with Gasteiger partial charge in [0.2, 0.25) is 0 Å². The number of aliphatic hydroxyl groups is 1. The molecular formula is C17H26N2O3. The molecule has 1 fully saturated rings. The van der Waals surface area contributed by atoms with Gasteiger partial charge in [-0.1, -0.05) is 12.1 Å². The molecule has 0 aromatic heterocycles. The first-order chi connectivity index (χ1) is 10.4. The summed E-state index contributed by atoms with van der Waals surface area (Å²) in [5.74, 6) is 0. The van der Waals surface area contributed by atoms with Crippen molar-refractivity contribution in [3.63, 3.8) is 0 Å². The summed E-state index contributed by atoms with van der Waals surface area (Å²) in [6.45, 7) is 8.78. The SMILES string of the molecule is CC(C)(C)OC(=O)N1CCN(c2ccc(CCO)cc2)CC1. The largest absolute Gasteiger partial charge is 0.444 e. The summed E-state index contributed by atoms with van der Waals surface area (Å²) in [5.41, 5.74) is 1.85. The van der Waals surface area contributed by atoms with Gasteiger partial charge in [0, 0.05) is 38.5 Å². The Morgan fingerprint density at radius 3 is 2.23 bits per heavy atom. The van der Waals surface area contributed by atoms with Gasteiger partial charge in [-0.15, -0.1) is 0 Å². The minimum atomic E-state index is -0.448. The number of rotatable bonds is 3. The summed E-state index contributed by atoms with van der Waals surface area (Å²) in [7, 11) is 0. The molecule has 22 heavy (non-hydrogen) atoms. The Bertz CT molecular complexity index is 486. The highest BCUT2D eigenvalue weighted by Gasteiger charge is 2.25. The molecule has 122 valence electrons. The van der Waals surface area contributed by atoms with Crippen LogP contribution in [0.2, 0.25) is 0 Å². The third kappa shape index (κ3) is 4.63. The van der Waals surface area contributed by atoms with Gasteiger partial charge in [-0.2, -0.15) is 0 Å². The second kappa shape index (κ2) is 7.01. The van der Waals surface area contributed by atoms with Crippen molar-refractivity contribution in [3.05, 3.63) is 29.8 Å². The average Bonchev–Trinajstić information content (AvgIpc) is 2.47. The number of hydrogen-bond donors (Lipinski definition) is 1. The number of benzene rings is 1. The number of anilines is 1. The van der Waals surface area contributed by atoms with E-state index in [-0.39, 0.29) is 12.7 Å². The molecule has 0 atom stereocenters. The molecule has 1 N–H and O–H groups in total. The highest BCUT2D eigenvalue weighted by molar-refractivity contribution is 5.68. The number of hydrogen-bond acceptors (Lipinski definition) is 4. The van der Waals surface area contributed by atoms with Gasteiger partial charge < -0.3 is 19.6 Å². The lowest BCUT2D eigenvalue weighted by atomic mass is 10.1. The van der Waals surface area contributed by atoms with E-state index in [0.717, 1.165) is 24.3 Å². The summed E-state index contributed by atoms with van der Waals surface area (Å²) in [6.07, 6.45) is 0.456. The van der Waals surface area contributed by atoms with Gasteiger partial charge >= 0.3 is 6.09 Å². The Morgan fingerprint density at radius 1 is 1.14 bits per heavy atom. The van der Waals surface area contributed by atoms with Gasteiger partial charge in [0.25, 0.3) is 0 Å². The van der Waals surface area contributed by atoms with Gasteiger partial charge in [0.05, 0.1) is 0 Å². The monoisotopic (exact) mass is 306 g/mol. The smallest absolute Gasteiger partial charge is 0.410 e. The van der Waals surface area contributed by atoms with E-state index >= 15 is 0 Å². The number of ether oxygens (including phenoxy) is 1. The van der Waals surface area contributed by atoms with Crippen LogP contribution in [-0.4, -0.2) is 54.5 Å². The highest BCUT2D eigenvalue weighted by atomic mass is 16.6. The zero-order valence-electron chi connectivity index (χ0n) is 13.7. The van der Waals surface area contributed by atoms with Crippen molar-refractivity contribution in [1.29, 1.82) is 0 Å². The Labute approximate surface area is 132 Å². The van der Waals surface area contributed by atoms with E-state index < -0.39 is 5.60 Å². The third-order valence-corrected chi connectivity index (χ3v) is 3.63. The molecule has 0 unspecified atom stereocenters. The van der Waals surface area contributed by atoms with Crippen LogP contribution < -0.4 is 4.90 Å². The maximum atomic E-state index is 12.0. The van der Waals surface area contributed by atoms with Crippen molar-refractivity contribution in [2.75, 3.05) is 37.7 Å². The molecular weight excluding hydrogens is 280 g/mol. The van der Waals surface area contributed by atoms with Crippen molar-refractivity contribution in [2.45, 2.75) is 32.8 Å². The van der Waals surface area contributed by atoms with Gasteiger partial charge in [-0.3, -0.25) is 0 Å². The summed E-state index contributed by atoms with van der Waals surface area (Å²) in [4.78, 5) is 16.1. The van der Waals surface area contributed by atoms with Crippen LogP contribution in [0.4, 0.5) is 10.5 Å². The van der Waals surface area contributed by atoms with Crippen LogP contribution >= 0.6 is 0 Å². The number of aliphatic hydroxyl groups excluding tert-OH is 1. The molecule has 5 nitrogen and oxygen atoms in total. The van der Waals surface area contributed by atoms with Crippen molar-refractivity contribution in [1.82, 2.24) is 4.90 Å². The molecule has 1 amide bonds. The Balaban J connectivity index is 1.87.